The topological polar surface area (TPSA) is 140 Å². The molecule has 1 saturated heterocycles. The van der Waals surface area contributed by atoms with Crippen molar-refractivity contribution in [2.24, 2.45) is 11.3 Å². The molecule has 2 fully saturated rings. The Bertz CT molecular complexity index is 1690. The Kier molecular flexibility index (Phi) is 11.0. The van der Waals surface area contributed by atoms with Crippen molar-refractivity contribution in [2.45, 2.75) is 75.9 Å². The van der Waals surface area contributed by atoms with Crippen LogP contribution in [0.25, 0.3) is 11.3 Å². The van der Waals surface area contributed by atoms with Crippen molar-refractivity contribution in [1.29, 1.82) is 0 Å². The number of halogens is 3. The summed E-state index contributed by atoms with van der Waals surface area (Å²) in [6.45, 7) is 5.79. The molecule has 1 aromatic heterocycles. The first-order valence-electron chi connectivity index (χ1n) is 16.1. The molecule has 1 atom stereocenters. The number of rotatable bonds is 15. The van der Waals surface area contributed by atoms with Gasteiger partial charge in [0.25, 0.3) is 10.0 Å². The maximum absolute atomic E-state index is 13.8. The van der Waals surface area contributed by atoms with Gasteiger partial charge in [-0.2, -0.15) is 18.2 Å². The first-order valence-corrected chi connectivity index (χ1v) is 17.6. The predicted molar refractivity (Wildman–Crippen MR) is 174 cm³/mol. The fraction of sp³-hybridized carbons (Fsp3) is 0.500. The minimum absolute atomic E-state index is 0.00221. The molecular weight excluding hydrogens is 649 g/mol. The molecule has 3 aromatic rings. The van der Waals surface area contributed by atoms with Gasteiger partial charge in [0, 0.05) is 30.9 Å². The summed E-state index contributed by atoms with van der Waals surface area (Å²) in [6.07, 6.45) is -1.05. The van der Waals surface area contributed by atoms with Gasteiger partial charge >= 0.3 is 12.1 Å². The minimum atomic E-state index is -4.31. The second-order valence-corrected chi connectivity index (χ2v) is 14.4. The number of nitrogens with zero attached hydrogens (tertiary/aromatic N) is 2. The van der Waals surface area contributed by atoms with Gasteiger partial charge in [-0.25, -0.2) is 22.9 Å². The zero-order valence-electron chi connectivity index (χ0n) is 27.0. The lowest BCUT2D eigenvalue weighted by Crippen LogP contribution is -2.38. The maximum atomic E-state index is 13.8. The summed E-state index contributed by atoms with van der Waals surface area (Å²) in [5, 5.41) is 12.7. The highest BCUT2D eigenvalue weighted by Crippen LogP contribution is 2.60. The van der Waals surface area contributed by atoms with E-state index in [2.05, 4.69) is 20.0 Å². The van der Waals surface area contributed by atoms with Gasteiger partial charge in [-0.1, -0.05) is 24.3 Å². The lowest BCUT2D eigenvalue weighted by molar-refractivity contribution is -0.189. The number of ether oxygens (including phenoxy) is 2. The summed E-state index contributed by atoms with van der Waals surface area (Å²) in [5.74, 6) is -1.07. The summed E-state index contributed by atoms with van der Waals surface area (Å²) < 4.78 is 81.8. The van der Waals surface area contributed by atoms with Gasteiger partial charge in [-0.3, -0.25) is 0 Å². The van der Waals surface area contributed by atoms with Crippen LogP contribution in [0.5, 0.6) is 5.88 Å². The molecule has 5 rings (SSSR count). The van der Waals surface area contributed by atoms with Crippen molar-refractivity contribution in [2.75, 3.05) is 31.1 Å². The van der Waals surface area contributed by atoms with Crippen LogP contribution in [0.3, 0.4) is 0 Å². The molecule has 0 bridgehead atoms. The SMILES string of the molecule is Cc1cccc(C)c1-c1cc(OCC(CCC2(C(F)(F)F)CC2)NCCC2CCOCC2)nc(NS(=O)(=O)c2cccc(C(=O)O)c2)n1. The third kappa shape index (κ3) is 8.83. The van der Waals surface area contributed by atoms with Crippen molar-refractivity contribution in [1.82, 2.24) is 15.3 Å². The van der Waals surface area contributed by atoms with E-state index in [0.29, 0.717) is 31.4 Å². The van der Waals surface area contributed by atoms with E-state index in [-0.39, 0.29) is 54.6 Å². The highest BCUT2D eigenvalue weighted by atomic mass is 32.2. The van der Waals surface area contributed by atoms with Crippen LogP contribution in [0.4, 0.5) is 19.1 Å². The summed E-state index contributed by atoms with van der Waals surface area (Å²) in [7, 11) is -4.31. The number of carboxylic acid groups (broad SMARTS) is 1. The second-order valence-electron chi connectivity index (χ2n) is 12.7. The Morgan fingerprint density at radius 3 is 2.42 bits per heavy atom. The van der Waals surface area contributed by atoms with E-state index in [1.807, 2.05) is 32.0 Å². The monoisotopic (exact) mass is 690 g/mol. The van der Waals surface area contributed by atoms with Gasteiger partial charge in [0.05, 0.1) is 21.6 Å². The number of hydrogen-bond acceptors (Lipinski definition) is 8. The van der Waals surface area contributed by atoms with Gasteiger partial charge < -0.3 is 19.9 Å². The molecule has 260 valence electrons. The first-order chi connectivity index (χ1) is 22.8. The van der Waals surface area contributed by atoms with E-state index in [0.717, 1.165) is 42.0 Å². The summed E-state index contributed by atoms with van der Waals surface area (Å²) in [4.78, 5) is 19.9. The van der Waals surface area contributed by atoms with Crippen LogP contribution in [0.1, 0.15) is 66.4 Å². The zero-order chi connectivity index (χ0) is 34.5. The van der Waals surface area contributed by atoms with Gasteiger partial charge in [-0.05, 0) is 101 Å². The molecule has 48 heavy (non-hydrogen) atoms. The lowest BCUT2D eigenvalue weighted by atomic mass is 9.95. The number of aryl methyl sites for hydroxylation is 2. The molecule has 2 heterocycles. The largest absolute Gasteiger partial charge is 0.478 e. The average molecular weight is 691 g/mol. The molecule has 0 spiro atoms. The van der Waals surface area contributed by atoms with Crippen molar-refractivity contribution in [3.8, 4) is 17.1 Å². The molecule has 1 saturated carbocycles. The molecule has 0 radical (unpaired) electrons. The number of aromatic carboxylic acids is 1. The van der Waals surface area contributed by atoms with Crippen LogP contribution in [-0.4, -0.2) is 68.0 Å². The van der Waals surface area contributed by atoms with Crippen LogP contribution >= 0.6 is 0 Å². The van der Waals surface area contributed by atoms with Crippen LogP contribution in [-0.2, 0) is 14.8 Å². The summed E-state index contributed by atoms with van der Waals surface area (Å²) >= 11 is 0. The maximum Gasteiger partial charge on any atom is 0.394 e. The number of nitrogens with one attached hydrogen (secondary N) is 2. The number of benzene rings is 2. The quantitative estimate of drug-likeness (QED) is 0.162. The van der Waals surface area contributed by atoms with Crippen molar-refractivity contribution in [3.05, 3.63) is 65.2 Å². The lowest BCUT2D eigenvalue weighted by Gasteiger charge is -2.26. The molecule has 1 unspecified atom stereocenters. The standard InChI is InChI=1S/C34H41F3N4O6S/c1-22-5-3-6-23(2)30(22)28-20-29(40-32(39-28)41-48(44,45)27-8-4-7-25(19-27)31(42)43)47-21-26(9-13-33(14-15-33)34(35,36)37)38-16-10-24-11-17-46-18-12-24/h3-8,19-20,24,26,38H,9-18,21H2,1-2H3,(H,42,43)(H,39,40,41). The second kappa shape index (κ2) is 14.8. The molecule has 1 aliphatic carbocycles. The molecule has 0 amide bonds. The van der Waals surface area contributed by atoms with Gasteiger partial charge in [-0.15, -0.1) is 0 Å². The van der Waals surface area contributed by atoms with Crippen LogP contribution in [0, 0.1) is 25.2 Å². The van der Waals surface area contributed by atoms with Gasteiger partial charge in [0.1, 0.15) is 6.61 Å². The predicted octanol–water partition coefficient (Wildman–Crippen LogP) is 6.54. The van der Waals surface area contributed by atoms with Crippen LogP contribution < -0.4 is 14.8 Å². The number of hydrogen-bond donors (Lipinski definition) is 3. The van der Waals surface area contributed by atoms with Crippen LogP contribution in [0.2, 0.25) is 0 Å². The zero-order valence-corrected chi connectivity index (χ0v) is 27.8. The Hall–Kier alpha value is -3.75. The normalized spacial score (nSPS) is 17.1. The Labute approximate surface area is 278 Å². The number of sulfonamides is 1. The van der Waals surface area contributed by atoms with Gasteiger partial charge in [0.2, 0.25) is 11.8 Å². The first kappa shape index (κ1) is 35.6. The molecule has 3 N–H and O–H groups in total. The highest BCUT2D eigenvalue weighted by molar-refractivity contribution is 7.92. The molecule has 1 aliphatic heterocycles. The summed E-state index contributed by atoms with van der Waals surface area (Å²) in [5.41, 5.74) is 1.01. The molecule has 14 heteroatoms. The number of carbonyl (C=O) groups is 1. The third-order valence-corrected chi connectivity index (χ3v) is 10.6. The molecule has 2 aliphatic rings. The molecule has 10 nitrogen and oxygen atoms in total. The highest BCUT2D eigenvalue weighted by Gasteiger charge is 2.62. The molecule has 2 aromatic carbocycles. The average Bonchev–Trinajstić information content (AvgIpc) is 3.84. The van der Waals surface area contributed by atoms with Crippen molar-refractivity contribution in [3.63, 3.8) is 0 Å². The Morgan fingerprint density at radius 2 is 1.77 bits per heavy atom. The van der Waals surface area contributed by atoms with E-state index in [1.165, 1.54) is 18.2 Å². The third-order valence-electron chi connectivity index (χ3n) is 9.24. The van der Waals surface area contributed by atoms with E-state index in [4.69, 9.17) is 9.47 Å². The fourth-order valence-corrected chi connectivity index (χ4v) is 7.09. The van der Waals surface area contributed by atoms with E-state index < -0.39 is 33.6 Å². The molecular formula is C34H41F3N4O6S. The van der Waals surface area contributed by atoms with E-state index in [9.17, 15) is 31.5 Å². The fourth-order valence-electron chi connectivity index (χ4n) is 6.10. The van der Waals surface area contributed by atoms with Crippen LogP contribution in [0.15, 0.2) is 53.4 Å². The van der Waals surface area contributed by atoms with E-state index >= 15 is 0 Å². The van der Waals surface area contributed by atoms with E-state index in [1.54, 1.807) is 6.07 Å². The minimum Gasteiger partial charge on any atom is -0.478 e. The smallest absolute Gasteiger partial charge is 0.394 e. The number of carboxylic acids is 1. The van der Waals surface area contributed by atoms with Gasteiger partial charge in [0.15, 0.2) is 0 Å². The number of aromatic nitrogens is 2. The van der Waals surface area contributed by atoms with Crippen molar-refractivity contribution < 1.29 is 41.0 Å². The Balaban J connectivity index is 1.39. The summed E-state index contributed by atoms with van der Waals surface area (Å²) in [6, 6.07) is 11.7. The Morgan fingerprint density at radius 1 is 1.08 bits per heavy atom. The number of alkyl halides is 3. The number of anilines is 1. The van der Waals surface area contributed by atoms with Crippen molar-refractivity contribution >= 4 is 21.9 Å².